The summed E-state index contributed by atoms with van der Waals surface area (Å²) in [5.41, 5.74) is 10.7. The summed E-state index contributed by atoms with van der Waals surface area (Å²) in [5, 5.41) is 29.0. The van der Waals surface area contributed by atoms with Gasteiger partial charge < -0.3 is 20.5 Å². The number of piperidine rings is 1. The van der Waals surface area contributed by atoms with E-state index in [1.165, 1.54) is 18.2 Å². The molecule has 4 atom stereocenters. The lowest BCUT2D eigenvalue weighted by atomic mass is 9.98. The number of hydrogen-bond donors (Lipinski definition) is 4. The standard InChI is InChI=1S/C32H34FN7O4/c1-2-3-23(7-9-28(42)38-43)44-27-14-18(6-8-26(27)41)29-30(19-4-5-20(16-34)24(33)13-19)37-32(39-11-10-36-31(29)39)40-17-21-12-22(40)15-25(21)35/h4-6,8,10-11,13-14,21-23,25,41,43H,2-3,7,9,12,15,17,35H2,1H3,(H,38,42). The van der Waals surface area contributed by atoms with Gasteiger partial charge in [0.05, 0.1) is 22.9 Å². The molecule has 12 heteroatoms. The predicted molar refractivity (Wildman–Crippen MR) is 161 cm³/mol. The summed E-state index contributed by atoms with van der Waals surface area (Å²) in [6.07, 6.45) is 6.79. The van der Waals surface area contributed by atoms with Crippen LogP contribution in [0.25, 0.3) is 28.0 Å². The number of hydrogen-bond acceptors (Lipinski definition) is 9. The Hall–Kier alpha value is -4.73. The monoisotopic (exact) mass is 599 g/mol. The topological polar surface area (TPSA) is 162 Å². The molecule has 2 fully saturated rings. The molecule has 228 valence electrons. The van der Waals surface area contributed by atoms with Crippen LogP contribution in [0, 0.1) is 23.1 Å². The van der Waals surface area contributed by atoms with Crippen molar-refractivity contribution < 1.29 is 24.2 Å². The molecular weight excluding hydrogens is 565 g/mol. The molecule has 3 heterocycles. The third kappa shape index (κ3) is 5.40. The lowest BCUT2D eigenvalue weighted by molar-refractivity contribution is -0.129. The SMILES string of the molecule is CCCC(CCC(=O)NO)Oc1cc(-c2c(-c3ccc(C#N)c(F)c3)nc(N3CC4CC3CC4N)n3ccnc23)ccc1O. The second kappa shape index (κ2) is 12.1. The number of fused-ring (bicyclic) bond motifs is 3. The second-order valence-corrected chi connectivity index (χ2v) is 11.5. The van der Waals surface area contributed by atoms with Gasteiger partial charge in [-0.1, -0.05) is 25.5 Å². The van der Waals surface area contributed by atoms with Gasteiger partial charge in [-0.05, 0) is 61.4 Å². The van der Waals surface area contributed by atoms with E-state index in [0.717, 1.165) is 25.8 Å². The van der Waals surface area contributed by atoms with Gasteiger partial charge in [-0.3, -0.25) is 14.4 Å². The van der Waals surface area contributed by atoms with Crippen molar-refractivity contribution in [1.82, 2.24) is 19.8 Å². The van der Waals surface area contributed by atoms with Gasteiger partial charge in [0, 0.05) is 43.0 Å². The average molecular weight is 600 g/mol. The number of aromatic nitrogens is 3. The van der Waals surface area contributed by atoms with E-state index >= 15 is 0 Å². The van der Waals surface area contributed by atoms with Gasteiger partial charge in [-0.25, -0.2) is 19.8 Å². The van der Waals surface area contributed by atoms with E-state index < -0.39 is 17.8 Å². The number of nitrogens with zero attached hydrogens (tertiary/aromatic N) is 5. The highest BCUT2D eigenvalue weighted by Gasteiger charge is 2.44. The molecule has 5 N–H and O–H groups in total. The normalized spacial score (nSPS) is 19.7. The van der Waals surface area contributed by atoms with Crippen molar-refractivity contribution in [3.8, 4) is 40.0 Å². The van der Waals surface area contributed by atoms with Gasteiger partial charge in [0.15, 0.2) is 11.5 Å². The molecule has 2 bridgehead atoms. The number of rotatable bonds is 10. The van der Waals surface area contributed by atoms with Gasteiger partial charge in [0.1, 0.15) is 17.5 Å². The van der Waals surface area contributed by atoms with Gasteiger partial charge in [0.2, 0.25) is 11.9 Å². The maximum Gasteiger partial charge on any atom is 0.243 e. The maximum absolute atomic E-state index is 15.0. The number of aromatic hydroxyl groups is 1. The number of anilines is 1. The van der Waals surface area contributed by atoms with E-state index in [2.05, 4.69) is 4.90 Å². The quantitative estimate of drug-likeness (QED) is 0.151. The van der Waals surface area contributed by atoms with Crippen LogP contribution in [0.1, 0.15) is 51.0 Å². The summed E-state index contributed by atoms with van der Waals surface area (Å²) < 4.78 is 23.1. The zero-order valence-corrected chi connectivity index (χ0v) is 24.3. The van der Waals surface area contributed by atoms with Gasteiger partial charge in [-0.15, -0.1) is 0 Å². The minimum Gasteiger partial charge on any atom is -0.504 e. The number of halogens is 1. The van der Waals surface area contributed by atoms with E-state index in [0.29, 0.717) is 52.7 Å². The van der Waals surface area contributed by atoms with Gasteiger partial charge in [0.25, 0.3) is 0 Å². The molecule has 4 unspecified atom stereocenters. The number of nitrogens with one attached hydrogen (secondary N) is 1. The van der Waals surface area contributed by atoms with Gasteiger partial charge in [-0.2, -0.15) is 5.26 Å². The lowest BCUT2D eigenvalue weighted by Crippen LogP contribution is -2.42. The first-order valence-electron chi connectivity index (χ1n) is 14.8. The molecular formula is C32H34FN7O4. The number of carbonyl (C=O) groups excluding carboxylic acids is 1. The van der Waals surface area contributed by atoms with Crippen LogP contribution in [-0.4, -0.2) is 55.3 Å². The first kappa shape index (κ1) is 29.3. The molecule has 11 nitrogen and oxygen atoms in total. The Bertz CT molecular complexity index is 1750. The summed E-state index contributed by atoms with van der Waals surface area (Å²) in [5.74, 6) is 0.00145. The number of ether oxygens (including phenoxy) is 1. The summed E-state index contributed by atoms with van der Waals surface area (Å²) in [4.78, 5) is 23.7. The molecule has 1 saturated carbocycles. The highest BCUT2D eigenvalue weighted by atomic mass is 19.1. The maximum atomic E-state index is 15.0. The average Bonchev–Trinajstić information content (AvgIpc) is 3.76. The van der Waals surface area contributed by atoms with Crippen LogP contribution < -0.4 is 20.9 Å². The third-order valence-corrected chi connectivity index (χ3v) is 8.72. The number of imidazole rings is 1. The summed E-state index contributed by atoms with van der Waals surface area (Å²) >= 11 is 0. The molecule has 6 rings (SSSR count). The van der Waals surface area contributed by atoms with Crippen molar-refractivity contribution >= 4 is 17.5 Å². The molecule has 2 aliphatic rings. The van der Waals surface area contributed by atoms with Crippen molar-refractivity contribution in [2.75, 3.05) is 11.4 Å². The van der Waals surface area contributed by atoms with Crippen molar-refractivity contribution in [2.24, 2.45) is 11.7 Å². The minimum absolute atomic E-state index is 0.0549. The number of nitriles is 1. The first-order valence-corrected chi connectivity index (χ1v) is 14.8. The fraction of sp³-hybridized carbons (Fsp3) is 0.375. The van der Waals surface area contributed by atoms with Gasteiger partial charge >= 0.3 is 0 Å². The number of nitrogens with two attached hydrogens (primary N) is 1. The highest BCUT2D eigenvalue weighted by Crippen LogP contribution is 2.43. The molecule has 1 aliphatic carbocycles. The van der Waals surface area contributed by atoms with E-state index in [4.69, 9.17) is 25.6 Å². The number of phenols is 1. The molecule has 0 radical (unpaired) electrons. The van der Waals surface area contributed by atoms with Crippen molar-refractivity contribution in [3.63, 3.8) is 0 Å². The number of phenolic OH excluding ortho intramolecular Hbond substituents is 1. The highest BCUT2D eigenvalue weighted by molar-refractivity contribution is 5.92. The zero-order valence-electron chi connectivity index (χ0n) is 24.3. The Labute approximate surface area is 253 Å². The number of amides is 1. The predicted octanol–water partition coefficient (Wildman–Crippen LogP) is 4.54. The molecule has 44 heavy (non-hydrogen) atoms. The Kier molecular flexibility index (Phi) is 8.07. The van der Waals surface area contributed by atoms with E-state index in [1.807, 2.05) is 23.6 Å². The largest absolute Gasteiger partial charge is 0.504 e. The molecule has 4 aromatic rings. The van der Waals surface area contributed by atoms with Crippen LogP contribution in [0.4, 0.5) is 10.3 Å². The molecule has 0 spiro atoms. The second-order valence-electron chi connectivity index (χ2n) is 11.5. The Balaban J connectivity index is 1.48. The van der Waals surface area contributed by atoms with Crippen molar-refractivity contribution in [3.05, 3.63) is 60.2 Å². The first-order chi connectivity index (χ1) is 21.3. The smallest absolute Gasteiger partial charge is 0.243 e. The zero-order chi connectivity index (χ0) is 31.0. The summed E-state index contributed by atoms with van der Waals surface area (Å²) in [6.45, 7) is 2.75. The van der Waals surface area contributed by atoms with Crippen LogP contribution in [0.3, 0.4) is 0 Å². The molecule has 2 aromatic heterocycles. The summed E-state index contributed by atoms with van der Waals surface area (Å²) in [6, 6.07) is 11.6. The number of hydroxylamine groups is 1. The van der Waals surface area contributed by atoms with Crippen molar-refractivity contribution in [2.45, 2.75) is 63.6 Å². The Morgan fingerprint density at radius 2 is 2.07 bits per heavy atom. The van der Waals surface area contributed by atoms with Crippen molar-refractivity contribution in [1.29, 1.82) is 5.26 Å². The van der Waals surface area contributed by atoms with Crippen LogP contribution in [0.2, 0.25) is 0 Å². The summed E-state index contributed by atoms with van der Waals surface area (Å²) in [7, 11) is 0. The van der Waals surface area contributed by atoms with Crippen LogP contribution >= 0.6 is 0 Å². The lowest BCUT2D eigenvalue weighted by Gasteiger charge is -2.32. The van der Waals surface area contributed by atoms with E-state index in [-0.39, 0.29) is 35.6 Å². The fourth-order valence-electron chi connectivity index (χ4n) is 6.51. The van der Waals surface area contributed by atoms with E-state index in [9.17, 15) is 19.6 Å². The molecule has 1 aliphatic heterocycles. The Morgan fingerprint density at radius 3 is 2.75 bits per heavy atom. The number of carbonyl (C=O) groups is 1. The Morgan fingerprint density at radius 1 is 1.25 bits per heavy atom. The third-order valence-electron chi connectivity index (χ3n) is 8.72. The molecule has 1 amide bonds. The van der Waals surface area contributed by atoms with Crippen LogP contribution in [0.5, 0.6) is 11.5 Å². The minimum atomic E-state index is -0.655. The van der Waals surface area contributed by atoms with E-state index in [1.54, 1.807) is 29.9 Å². The fourth-order valence-corrected chi connectivity index (χ4v) is 6.51. The number of benzene rings is 2. The van der Waals surface area contributed by atoms with Crippen LogP contribution in [-0.2, 0) is 4.79 Å². The van der Waals surface area contributed by atoms with Crippen LogP contribution in [0.15, 0.2) is 48.8 Å². The molecule has 2 aromatic carbocycles. The molecule has 1 saturated heterocycles.